The molecule has 0 amide bonds. The molecule has 4 N–H and O–H groups in total. The van der Waals surface area contributed by atoms with Crippen molar-refractivity contribution in [3.8, 4) is 5.75 Å². The van der Waals surface area contributed by atoms with Crippen molar-refractivity contribution in [1.82, 2.24) is 0 Å². The molecule has 0 aliphatic rings. The molecular weight excluding hydrogens is 418 g/mol. The highest BCUT2D eigenvalue weighted by Crippen LogP contribution is 2.34. The predicted molar refractivity (Wildman–Crippen MR) is 88.1 cm³/mol. The van der Waals surface area contributed by atoms with Crippen LogP contribution in [0, 0.1) is 0 Å². The Balaban J connectivity index is 3.23. The fourth-order valence-corrected chi connectivity index (χ4v) is 5.63. The fourth-order valence-electron chi connectivity index (χ4n) is 1.81. The normalized spacial score (nSPS) is 14.1. The zero-order chi connectivity index (χ0) is 20.2. The summed E-state index contributed by atoms with van der Waals surface area (Å²) in [7, 11) is -14.3. The molecule has 1 atom stereocenters. The van der Waals surface area contributed by atoms with Crippen molar-refractivity contribution >= 4 is 36.3 Å². The van der Waals surface area contributed by atoms with E-state index in [-0.39, 0.29) is 17.0 Å². The van der Waals surface area contributed by atoms with Crippen molar-refractivity contribution in [1.29, 1.82) is 0 Å². The van der Waals surface area contributed by atoms with Crippen molar-refractivity contribution < 1.29 is 47.5 Å². The van der Waals surface area contributed by atoms with Crippen LogP contribution in [0.1, 0.15) is 10.8 Å². The van der Waals surface area contributed by atoms with Gasteiger partial charge in [0.05, 0.1) is 31.8 Å². The number of hydrogen-bond acceptors (Lipinski definition) is 12. The monoisotopic (exact) mass is 435 g/mol. The van der Waals surface area contributed by atoms with E-state index >= 15 is 0 Å². The fraction of sp³-hybridized carbons (Fsp3) is 0.455. The summed E-state index contributed by atoms with van der Waals surface area (Å²) in [6.45, 7) is -2.11. The van der Waals surface area contributed by atoms with Gasteiger partial charge in [-0.05, 0) is 6.07 Å². The van der Waals surface area contributed by atoms with Gasteiger partial charge in [0.15, 0.2) is 0 Å². The summed E-state index contributed by atoms with van der Waals surface area (Å²) in [6.07, 6.45) is 0. The topological polar surface area (TPSA) is 197 Å². The van der Waals surface area contributed by atoms with Gasteiger partial charge in [-0.15, -0.1) is 7.26 Å². The third kappa shape index (κ3) is 5.76. The number of nitrogens with two attached hydrogens (primary N) is 1. The lowest BCUT2D eigenvalue weighted by Crippen LogP contribution is -2.27. The highest BCUT2D eigenvalue weighted by Gasteiger charge is 2.37. The highest BCUT2D eigenvalue weighted by molar-refractivity contribution is 8.03. The molecule has 0 aromatic heterocycles. The van der Waals surface area contributed by atoms with Gasteiger partial charge >= 0.3 is 10.4 Å². The quantitative estimate of drug-likeness (QED) is 0.351. The zero-order valence-electron chi connectivity index (χ0n) is 13.3. The summed E-state index contributed by atoms with van der Waals surface area (Å²) in [6, 6.07) is 3.90. The van der Waals surface area contributed by atoms with Gasteiger partial charge < -0.3 is 20.7 Å². The third-order valence-electron chi connectivity index (χ3n) is 2.89. The molecule has 0 heterocycles. The zero-order valence-corrected chi connectivity index (χ0v) is 15.8. The molecule has 12 nitrogen and oxygen atoms in total. The van der Waals surface area contributed by atoms with Crippen molar-refractivity contribution in [2.45, 2.75) is 5.25 Å². The average Bonchev–Trinajstić information content (AvgIpc) is 2.46. The second-order valence-electron chi connectivity index (χ2n) is 4.66. The molecule has 26 heavy (non-hydrogen) atoms. The van der Waals surface area contributed by atoms with Crippen molar-refractivity contribution in [2.24, 2.45) is 0 Å². The van der Waals surface area contributed by atoms with Gasteiger partial charge in [-0.1, -0.05) is 12.1 Å². The number of ether oxygens (including phenoxy) is 1. The Hall–Kier alpha value is -1.49. The Morgan fingerprint density at radius 1 is 1.08 bits per heavy atom. The van der Waals surface area contributed by atoms with E-state index in [0.29, 0.717) is 0 Å². The van der Waals surface area contributed by atoms with Gasteiger partial charge in [-0.25, -0.2) is 0 Å². The van der Waals surface area contributed by atoms with Crippen molar-refractivity contribution in [3.63, 3.8) is 0 Å². The summed E-state index contributed by atoms with van der Waals surface area (Å²) < 4.78 is 82.4. The lowest BCUT2D eigenvalue weighted by Gasteiger charge is -2.18. The van der Waals surface area contributed by atoms with Gasteiger partial charge in [-0.2, -0.15) is 25.3 Å². The molecule has 0 bridgehead atoms. The number of anilines is 1. The molecule has 0 saturated heterocycles. The molecule has 0 aliphatic heterocycles. The van der Waals surface area contributed by atoms with E-state index in [2.05, 4.69) is 7.26 Å². The largest absolute Gasteiger partial charge is 0.495 e. The maximum absolute atomic E-state index is 12.2. The summed E-state index contributed by atoms with van der Waals surface area (Å²) in [4.78, 5) is 0. The maximum Gasteiger partial charge on any atom is 0.429 e. The first-order valence-corrected chi connectivity index (χ1v) is 11.0. The van der Waals surface area contributed by atoms with Crippen LogP contribution in [0.2, 0.25) is 0 Å². The number of methoxy groups -OCH3 is 1. The first kappa shape index (κ1) is 22.6. The van der Waals surface area contributed by atoms with E-state index in [1.165, 1.54) is 25.3 Å². The number of nitrogen functional groups attached to an aromatic ring is 1. The van der Waals surface area contributed by atoms with E-state index < -0.39 is 54.9 Å². The number of aliphatic hydroxyl groups excluding tert-OH is 2. The lowest BCUT2D eigenvalue weighted by molar-refractivity contribution is 0.284. The second-order valence-corrected chi connectivity index (χ2v) is 9.64. The highest BCUT2D eigenvalue weighted by atomic mass is 32.3. The van der Waals surface area contributed by atoms with E-state index in [0.717, 1.165) is 0 Å². The van der Waals surface area contributed by atoms with Gasteiger partial charge in [0, 0.05) is 5.56 Å². The number of benzene rings is 1. The molecule has 150 valence electrons. The minimum absolute atomic E-state index is 0.0563. The van der Waals surface area contributed by atoms with Crippen LogP contribution in [-0.4, -0.2) is 61.5 Å². The Morgan fingerprint density at radius 3 is 2.19 bits per heavy atom. The molecule has 1 unspecified atom stereocenters. The Labute approximate surface area is 150 Å². The molecule has 0 radical (unpaired) electrons. The van der Waals surface area contributed by atoms with Gasteiger partial charge in [0.25, 0.3) is 20.2 Å². The van der Waals surface area contributed by atoms with E-state index in [1.807, 2.05) is 0 Å². The van der Waals surface area contributed by atoms with Crippen molar-refractivity contribution in [2.75, 3.05) is 31.8 Å². The van der Waals surface area contributed by atoms with Gasteiger partial charge in [0.2, 0.25) is 0 Å². The lowest BCUT2D eigenvalue weighted by atomic mass is 10.1. The summed E-state index contributed by atoms with van der Waals surface area (Å²) >= 11 is 0. The standard InChI is InChI=1S/C11H17NO11S3/c1-21-9-4-2-3-8(11(9)12)10(7-14)25(17,18)23-26(19,20)22-24(15,16)6-5-13/h2-4,10,13-14H,5-7,12H2,1H3. The molecule has 0 saturated carbocycles. The SMILES string of the molecule is COc1cccc(C(CO)S(=O)(=O)OS(=O)(=O)OS(=O)(=O)CCO)c1N. The first-order valence-electron chi connectivity index (χ1n) is 6.67. The van der Waals surface area contributed by atoms with Crippen molar-refractivity contribution in [3.05, 3.63) is 23.8 Å². The van der Waals surface area contributed by atoms with Crippen LogP contribution < -0.4 is 10.5 Å². The summed E-state index contributed by atoms with van der Waals surface area (Å²) in [5.74, 6) is -1.05. The van der Waals surface area contributed by atoms with Crippen LogP contribution in [0.15, 0.2) is 18.2 Å². The Kier molecular flexibility index (Phi) is 7.34. The molecule has 15 heteroatoms. The van der Waals surface area contributed by atoms with Crippen LogP contribution in [0.4, 0.5) is 5.69 Å². The summed E-state index contributed by atoms with van der Waals surface area (Å²) in [5.41, 5.74) is 5.27. The second kappa shape index (κ2) is 8.47. The molecule has 1 rings (SSSR count). The van der Waals surface area contributed by atoms with Crippen LogP contribution in [0.25, 0.3) is 0 Å². The van der Waals surface area contributed by atoms with Gasteiger partial charge in [0.1, 0.15) is 11.0 Å². The van der Waals surface area contributed by atoms with Crippen LogP contribution >= 0.6 is 0 Å². The van der Waals surface area contributed by atoms with Crippen LogP contribution in [0.5, 0.6) is 5.75 Å². The van der Waals surface area contributed by atoms with E-state index in [4.69, 9.17) is 15.6 Å². The minimum atomic E-state index is -5.58. The smallest absolute Gasteiger partial charge is 0.429 e. The summed E-state index contributed by atoms with van der Waals surface area (Å²) in [5, 5.41) is 15.9. The molecule has 0 fully saturated rings. The molecule has 0 spiro atoms. The Morgan fingerprint density at radius 2 is 1.69 bits per heavy atom. The number of aliphatic hydroxyl groups is 2. The van der Waals surface area contributed by atoms with Crippen LogP contribution in [0.3, 0.4) is 0 Å². The third-order valence-corrected chi connectivity index (χ3v) is 7.59. The van der Waals surface area contributed by atoms with E-state index in [1.54, 1.807) is 0 Å². The van der Waals surface area contributed by atoms with E-state index in [9.17, 15) is 30.4 Å². The maximum atomic E-state index is 12.2. The number of para-hydroxylation sites is 1. The first-order chi connectivity index (χ1) is 11.9. The molecule has 0 aliphatic carbocycles. The number of hydrogen-bond donors (Lipinski definition) is 3. The molecule has 1 aromatic carbocycles. The average molecular weight is 435 g/mol. The molecule has 1 aromatic rings. The molecular formula is C11H17NO11S3. The number of rotatable bonds is 10. The van der Waals surface area contributed by atoms with Gasteiger partial charge in [-0.3, -0.25) is 0 Å². The van der Waals surface area contributed by atoms with Crippen LogP contribution in [-0.2, 0) is 37.9 Å². The minimum Gasteiger partial charge on any atom is -0.495 e. The predicted octanol–water partition coefficient (Wildman–Crippen LogP) is -1.76. The Bertz CT molecular complexity index is 938.